The number of aryl methyl sites for hydroxylation is 1. The highest BCUT2D eigenvalue weighted by Gasteiger charge is 2.09. The van der Waals surface area contributed by atoms with Crippen molar-refractivity contribution < 1.29 is 4.74 Å². The van der Waals surface area contributed by atoms with Crippen LogP contribution in [0.5, 0.6) is 11.5 Å². The lowest BCUT2D eigenvalue weighted by Crippen LogP contribution is -1.97. The Bertz CT molecular complexity index is 591. The quantitative estimate of drug-likeness (QED) is 0.813. The average molecular weight is 256 g/mol. The number of nitrogens with two attached hydrogens (primary N) is 2. The second-order valence-corrected chi connectivity index (χ2v) is 5.09. The van der Waals surface area contributed by atoms with Gasteiger partial charge in [0.1, 0.15) is 11.5 Å². The summed E-state index contributed by atoms with van der Waals surface area (Å²) in [6, 6.07) is 11.6. The van der Waals surface area contributed by atoms with Crippen LogP contribution < -0.4 is 16.2 Å². The predicted octanol–water partition coefficient (Wildman–Crippen LogP) is 4.08. The van der Waals surface area contributed by atoms with E-state index in [-0.39, 0.29) is 0 Å². The highest BCUT2D eigenvalue weighted by Crippen LogP contribution is 2.33. The lowest BCUT2D eigenvalue weighted by Gasteiger charge is -2.15. The van der Waals surface area contributed by atoms with E-state index in [0.29, 0.717) is 23.0 Å². The van der Waals surface area contributed by atoms with E-state index in [4.69, 9.17) is 16.2 Å². The van der Waals surface area contributed by atoms with Crippen LogP contribution in [-0.4, -0.2) is 0 Å². The van der Waals surface area contributed by atoms with Gasteiger partial charge in [-0.3, -0.25) is 0 Å². The molecule has 3 heteroatoms. The summed E-state index contributed by atoms with van der Waals surface area (Å²) in [5.41, 5.74) is 15.0. The Labute approximate surface area is 114 Å². The molecule has 19 heavy (non-hydrogen) atoms. The molecule has 2 rings (SSSR count). The topological polar surface area (TPSA) is 61.3 Å². The molecule has 0 spiro atoms. The molecule has 0 saturated carbocycles. The zero-order valence-corrected chi connectivity index (χ0v) is 11.6. The van der Waals surface area contributed by atoms with E-state index in [9.17, 15) is 0 Å². The summed E-state index contributed by atoms with van der Waals surface area (Å²) in [5.74, 6) is 1.99. The lowest BCUT2D eigenvalue weighted by atomic mass is 10.0. The molecule has 0 fully saturated rings. The zero-order chi connectivity index (χ0) is 14.0. The van der Waals surface area contributed by atoms with Gasteiger partial charge in [-0.25, -0.2) is 0 Å². The van der Waals surface area contributed by atoms with Gasteiger partial charge >= 0.3 is 0 Å². The lowest BCUT2D eigenvalue weighted by molar-refractivity contribution is 0.473. The van der Waals surface area contributed by atoms with E-state index in [2.05, 4.69) is 26.0 Å². The van der Waals surface area contributed by atoms with Crippen LogP contribution in [-0.2, 0) is 0 Å². The van der Waals surface area contributed by atoms with E-state index in [1.165, 1.54) is 11.1 Å². The molecule has 0 radical (unpaired) electrons. The number of nitrogen functional groups attached to an aromatic ring is 2. The average Bonchev–Trinajstić information content (AvgIpc) is 2.33. The van der Waals surface area contributed by atoms with E-state index < -0.39 is 0 Å². The van der Waals surface area contributed by atoms with Crippen molar-refractivity contribution in [3.8, 4) is 11.5 Å². The van der Waals surface area contributed by atoms with Gasteiger partial charge in [0.15, 0.2) is 0 Å². The molecule has 0 amide bonds. The molecule has 2 aromatic rings. The smallest absolute Gasteiger partial charge is 0.131 e. The van der Waals surface area contributed by atoms with Crippen molar-refractivity contribution in [2.75, 3.05) is 11.5 Å². The Kier molecular flexibility index (Phi) is 3.65. The van der Waals surface area contributed by atoms with Crippen molar-refractivity contribution in [2.45, 2.75) is 26.7 Å². The molecular formula is C16H20N2O. The first-order valence-electron chi connectivity index (χ1n) is 6.41. The maximum absolute atomic E-state index is 5.95. The fourth-order valence-corrected chi connectivity index (χ4v) is 1.95. The fraction of sp³-hybridized carbons (Fsp3) is 0.250. The maximum atomic E-state index is 5.95. The molecule has 0 bridgehead atoms. The van der Waals surface area contributed by atoms with Gasteiger partial charge in [-0.2, -0.15) is 0 Å². The summed E-state index contributed by atoms with van der Waals surface area (Å²) >= 11 is 0. The highest BCUT2D eigenvalue weighted by molar-refractivity contribution is 5.65. The van der Waals surface area contributed by atoms with Crippen molar-refractivity contribution in [1.82, 2.24) is 0 Å². The van der Waals surface area contributed by atoms with Crippen molar-refractivity contribution in [3.63, 3.8) is 0 Å². The Morgan fingerprint density at radius 1 is 0.947 bits per heavy atom. The molecule has 0 aliphatic rings. The third-order valence-electron chi connectivity index (χ3n) is 3.08. The van der Waals surface area contributed by atoms with Gasteiger partial charge in [-0.15, -0.1) is 0 Å². The van der Waals surface area contributed by atoms with Crippen LogP contribution in [0.3, 0.4) is 0 Å². The van der Waals surface area contributed by atoms with Gasteiger partial charge in [-0.1, -0.05) is 26.0 Å². The van der Waals surface area contributed by atoms with Gasteiger partial charge in [0.25, 0.3) is 0 Å². The molecular weight excluding hydrogens is 236 g/mol. The third-order valence-corrected chi connectivity index (χ3v) is 3.08. The first-order valence-corrected chi connectivity index (χ1v) is 6.41. The predicted molar refractivity (Wildman–Crippen MR) is 80.6 cm³/mol. The summed E-state index contributed by atoms with van der Waals surface area (Å²) in [5, 5.41) is 0. The molecule has 4 N–H and O–H groups in total. The number of ether oxygens (including phenoxy) is 1. The van der Waals surface area contributed by atoms with Gasteiger partial charge in [0, 0.05) is 6.07 Å². The molecule has 0 saturated heterocycles. The summed E-state index contributed by atoms with van der Waals surface area (Å²) < 4.78 is 5.95. The molecule has 0 aromatic heterocycles. The van der Waals surface area contributed by atoms with Gasteiger partial charge < -0.3 is 16.2 Å². The number of hydrogen-bond donors (Lipinski definition) is 2. The maximum Gasteiger partial charge on any atom is 0.131 e. The highest BCUT2D eigenvalue weighted by atomic mass is 16.5. The molecule has 2 aromatic carbocycles. The molecule has 0 aliphatic heterocycles. The number of rotatable bonds is 3. The Hall–Kier alpha value is -2.16. The van der Waals surface area contributed by atoms with Gasteiger partial charge in [0.05, 0.1) is 11.4 Å². The Morgan fingerprint density at radius 3 is 2.32 bits per heavy atom. The molecule has 0 atom stereocenters. The minimum atomic E-state index is 0.404. The monoisotopic (exact) mass is 256 g/mol. The summed E-state index contributed by atoms with van der Waals surface area (Å²) in [6.07, 6.45) is 0. The standard InChI is InChI=1S/C16H20N2O/c1-10(2)13-6-4-11(3)8-16(13)19-12-5-7-14(17)15(18)9-12/h4-10H,17-18H2,1-3H3. The van der Waals surface area contributed by atoms with Gasteiger partial charge in [0.2, 0.25) is 0 Å². The number of hydrogen-bond acceptors (Lipinski definition) is 3. The van der Waals surface area contributed by atoms with Crippen LogP contribution >= 0.6 is 0 Å². The van der Waals surface area contributed by atoms with E-state index in [1.54, 1.807) is 12.1 Å². The number of benzene rings is 2. The van der Waals surface area contributed by atoms with Crippen molar-refractivity contribution in [1.29, 1.82) is 0 Å². The molecule has 100 valence electrons. The molecule has 3 nitrogen and oxygen atoms in total. The second kappa shape index (κ2) is 5.22. The van der Waals surface area contributed by atoms with Crippen molar-refractivity contribution >= 4 is 11.4 Å². The first kappa shape index (κ1) is 13.3. The minimum absolute atomic E-state index is 0.404. The van der Waals surface area contributed by atoms with Crippen molar-refractivity contribution in [2.24, 2.45) is 0 Å². The zero-order valence-electron chi connectivity index (χ0n) is 11.6. The van der Waals surface area contributed by atoms with Crippen LogP contribution in [0.15, 0.2) is 36.4 Å². The van der Waals surface area contributed by atoms with Crippen LogP contribution in [0.25, 0.3) is 0 Å². The minimum Gasteiger partial charge on any atom is -0.457 e. The molecule has 0 heterocycles. The normalized spacial score (nSPS) is 10.7. The Balaban J connectivity index is 2.36. The Morgan fingerprint density at radius 2 is 1.68 bits per heavy atom. The summed E-state index contributed by atoms with van der Waals surface area (Å²) in [6.45, 7) is 6.35. The van der Waals surface area contributed by atoms with E-state index in [1.807, 2.05) is 19.1 Å². The summed E-state index contributed by atoms with van der Waals surface area (Å²) in [4.78, 5) is 0. The number of anilines is 2. The van der Waals surface area contributed by atoms with E-state index in [0.717, 1.165) is 5.75 Å². The third kappa shape index (κ3) is 2.99. The largest absolute Gasteiger partial charge is 0.457 e. The van der Waals surface area contributed by atoms with Gasteiger partial charge in [-0.05, 0) is 42.2 Å². The first-order chi connectivity index (χ1) is 8.97. The van der Waals surface area contributed by atoms with Crippen LogP contribution in [0, 0.1) is 6.92 Å². The van der Waals surface area contributed by atoms with Crippen LogP contribution in [0.1, 0.15) is 30.9 Å². The van der Waals surface area contributed by atoms with Crippen molar-refractivity contribution in [3.05, 3.63) is 47.5 Å². The van der Waals surface area contributed by atoms with Crippen LogP contribution in [0.4, 0.5) is 11.4 Å². The molecule has 0 aliphatic carbocycles. The van der Waals surface area contributed by atoms with E-state index >= 15 is 0 Å². The second-order valence-electron chi connectivity index (χ2n) is 5.09. The van der Waals surface area contributed by atoms with Crippen LogP contribution in [0.2, 0.25) is 0 Å². The SMILES string of the molecule is Cc1ccc(C(C)C)c(Oc2ccc(N)c(N)c2)c1. The fourth-order valence-electron chi connectivity index (χ4n) is 1.95. The molecule has 0 unspecified atom stereocenters. The summed E-state index contributed by atoms with van der Waals surface area (Å²) in [7, 11) is 0.